The van der Waals surface area contributed by atoms with Gasteiger partial charge in [0.05, 0.1) is 0 Å². The first kappa shape index (κ1) is 27.7. The minimum absolute atomic E-state index is 0.304. The number of hydrogen-bond acceptors (Lipinski definition) is 3. The average Bonchev–Trinajstić information content (AvgIpc) is 2.92. The van der Waals surface area contributed by atoms with Gasteiger partial charge in [-0.2, -0.15) is 0 Å². The lowest BCUT2D eigenvalue weighted by Gasteiger charge is -2.15. The summed E-state index contributed by atoms with van der Waals surface area (Å²) in [6.45, 7) is 6.27. The fraction of sp³-hybridized carbons (Fsp3) is 0.231. The minimum Gasteiger partial charge on any atom is -0.508 e. The second kappa shape index (κ2) is 11.4. The Hall–Kier alpha value is -4.50. The van der Waals surface area contributed by atoms with Crippen molar-refractivity contribution in [1.82, 2.24) is 0 Å². The first-order chi connectivity index (χ1) is 20.3. The monoisotopic (exact) mass is 554 g/mol. The highest BCUT2D eigenvalue weighted by atomic mass is 16.3. The maximum absolute atomic E-state index is 10.6. The lowest BCUT2D eigenvalue weighted by Crippen LogP contribution is -1.98. The van der Waals surface area contributed by atoms with E-state index in [0.717, 1.165) is 60.2 Å². The van der Waals surface area contributed by atoms with E-state index >= 15 is 0 Å². The van der Waals surface area contributed by atoms with Crippen molar-refractivity contribution in [3.05, 3.63) is 124 Å². The van der Waals surface area contributed by atoms with E-state index in [0.29, 0.717) is 17.2 Å². The van der Waals surface area contributed by atoms with Gasteiger partial charge in [-0.3, -0.25) is 0 Å². The van der Waals surface area contributed by atoms with Gasteiger partial charge >= 0.3 is 0 Å². The van der Waals surface area contributed by atoms with Crippen LogP contribution in [0.5, 0.6) is 17.2 Å². The number of phenols is 3. The molecule has 6 rings (SSSR count). The molecule has 0 saturated carbocycles. The third-order valence-electron chi connectivity index (χ3n) is 8.66. The van der Waals surface area contributed by atoms with Crippen LogP contribution >= 0.6 is 0 Å². The molecule has 0 spiro atoms. The van der Waals surface area contributed by atoms with Crippen molar-refractivity contribution in [1.29, 1.82) is 0 Å². The van der Waals surface area contributed by atoms with Crippen LogP contribution in [0.15, 0.2) is 84.9 Å². The summed E-state index contributed by atoms with van der Waals surface area (Å²) < 4.78 is 0. The molecule has 42 heavy (non-hydrogen) atoms. The fourth-order valence-corrected chi connectivity index (χ4v) is 6.91. The molecule has 0 atom stereocenters. The van der Waals surface area contributed by atoms with Crippen molar-refractivity contribution in [2.75, 3.05) is 0 Å². The third kappa shape index (κ3) is 5.52. The van der Waals surface area contributed by atoms with Crippen molar-refractivity contribution >= 4 is 32.3 Å². The number of aryl methyl sites for hydroxylation is 7. The molecule has 0 unspecified atom stereocenters. The van der Waals surface area contributed by atoms with Crippen molar-refractivity contribution in [3.8, 4) is 17.2 Å². The Labute approximate surface area is 247 Å². The Morgan fingerprint density at radius 2 is 1.07 bits per heavy atom. The molecule has 0 amide bonds. The standard InChI is InChI=1S/C39H38O3/c1-24-16-29(12-7-11-28-19-35(42)23-37-25(2)8-4-15-36(28)37)39-31(21-34(41)22-32(39)17-24)14-6-10-27-9-5-13-30-20-33(40)18-26(3)38(27)30/h4-5,8-9,13,15-23,40-42H,6-7,10-12,14H2,1-3H3. The molecule has 0 bridgehead atoms. The van der Waals surface area contributed by atoms with Crippen molar-refractivity contribution in [3.63, 3.8) is 0 Å². The van der Waals surface area contributed by atoms with Gasteiger partial charge in [0.2, 0.25) is 0 Å². The summed E-state index contributed by atoms with van der Waals surface area (Å²) in [7, 11) is 0. The lowest BCUT2D eigenvalue weighted by molar-refractivity contribution is 0.475. The molecule has 3 N–H and O–H groups in total. The Balaban J connectivity index is 1.26. The summed E-state index contributed by atoms with van der Waals surface area (Å²) in [5, 5.41) is 38.1. The summed E-state index contributed by atoms with van der Waals surface area (Å²) in [5.41, 5.74) is 8.44. The van der Waals surface area contributed by atoms with Gasteiger partial charge < -0.3 is 15.3 Å². The Kier molecular flexibility index (Phi) is 7.51. The van der Waals surface area contributed by atoms with E-state index in [1.54, 1.807) is 0 Å². The number of rotatable bonds is 8. The van der Waals surface area contributed by atoms with Gasteiger partial charge in [0.1, 0.15) is 17.2 Å². The molecule has 3 nitrogen and oxygen atoms in total. The molecule has 6 aromatic rings. The number of phenolic OH excluding ortho intramolecular Hbond substituents is 3. The van der Waals surface area contributed by atoms with Crippen LogP contribution in [0.4, 0.5) is 0 Å². The lowest BCUT2D eigenvalue weighted by atomic mass is 9.90. The van der Waals surface area contributed by atoms with Gasteiger partial charge in [-0.15, -0.1) is 0 Å². The highest BCUT2D eigenvalue weighted by Gasteiger charge is 2.13. The maximum Gasteiger partial charge on any atom is 0.116 e. The molecule has 0 aliphatic heterocycles. The predicted molar refractivity (Wildman–Crippen MR) is 175 cm³/mol. The quantitative estimate of drug-likeness (QED) is 0.176. The van der Waals surface area contributed by atoms with Crippen LogP contribution in [0.25, 0.3) is 32.3 Å². The summed E-state index contributed by atoms with van der Waals surface area (Å²) in [4.78, 5) is 0. The number of fused-ring (bicyclic) bond motifs is 3. The number of benzene rings is 6. The second-order valence-electron chi connectivity index (χ2n) is 11.9. The van der Waals surface area contributed by atoms with E-state index in [2.05, 4.69) is 69.3 Å². The van der Waals surface area contributed by atoms with Crippen LogP contribution < -0.4 is 0 Å². The summed E-state index contributed by atoms with van der Waals surface area (Å²) in [5.74, 6) is 0.939. The average molecular weight is 555 g/mol. The molecule has 6 aromatic carbocycles. The zero-order valence-corrected chi connectivity index (χ0v) is 24.7. The number of aromatic hydroxyl groups is 3. The van der Waals surface area contributed by atoms with Gasteiger partial charge in [-0.25, -0.2) is 0 Å². The second-order valence-corrected chi connectivity index (χ2v) is 11.9. The molecule has 212 valence electrons. The van der Waals surface area contributed by atoms with Gasteiger partial charge in [-0.1, -0.05) is 54.1 Å². The van der Waals surface area contributed by atoms with E-state index in [1.165, 1.54) is 49.5 Å². The minimum atomic E-state index is 0.304. The number of hydrogen-bond donors (Lipinski definition) is 3. The zero-order valence-electron chi connectivity index (χ0n) is 24.7. The van der Waals surface area contributed by atoms with E-state index in [-0.39, 0.29) is 0 Å². The third-order valence-corrected chi connectivity index (χ3v) is 8.66. The smallest absolute Gasteiger partial charge is 0.116 e. The van der Waals surface area contributed by atoms with Gasteiger partial charge in [0.15, 0.2) is 0 Å². The van der Waals surface area contributed by atoms with Crippen LogP contribution in [0.1, 0.15) is 51.8 Å². The predicted octanol–water partition coefficient (Wildman–Crippen LogP) is 9.54. The summed E-state index contributed by atoms with van der Waals surface area (Å²) in [6.07, 6.45) is 5.52. The van der Waals surface area contributed by atoms with Crippen molar-refractivity contribution < 1.29 is 15.3 Å². The Morgan fingerprint density at radius 1 is 0.452 bits per heavy atom. The van der Waals surface area contributed by atoms with Gasteiger partial charge in [0.25, 0.3) is 0 Å². The van der Waals surface area contributed by atoms with E-state index in [1.807, 2.05) is 36.4 Å². The van der Waals surface area contributed by atoms with Gasteiger partial charge in [-0.05, 0) is 161 Å². The van der Waals surface area contributed by atoms with Crippen LogP contribution in [0.3, 0.4) is 0 Å². The topological polar surface area (TPSA) is 60.7 Å². The maximum atomic E-state index is 10.6. The van der Waals surface area contributed by atoms with Crippen LogP contribution in [0.2, 0.25) is 0 Å². The highest BCUT2D eigenvalue weighted by Crippen LogP contribution is 2.34. The highest BCUT2D eigenvalue weighted by molar-refractivity contribution is 5.92. The van der Waals surface area contributed by atoms with Crippen LogP contribution in [-0.4, -0.2) is 15.3 Å². The largest absolute Gasteiger partial charge is 0.508 e. The molecular weight excluding hydrogens is 516 g/mol. The molecule has 3 heteroatoms. The van der Waals surface area contributed by atoms with Gasteiger partial charge in [0, 0.05) is 0 Å². The van der Waals surface area contributed by atoms with Crippen molar-refractivity contribution in [2.45, 2.75) is 59.3 Å². The van der Waals surface area contributed by atoms with E-state index in [4.69, 9.17) is 0 Å². The first-order valence-electron chi connectivity index (χ1n) is 14.9. The SMILES string of the molecule is Cc1cc(CCCc2cc(O)cc3c(C)cccc23)c2c(CCCc3cccc4cc(O)cc(C)c34)cc(O)cc2c1. The molecule has 0 radical (unpaired) electrons. The van der Waals surface area contributed by atoms with Crippen molar-refractivity contribution in [2.24, 2.45) is 0 Å². The van der Waals surface area contributed by atoms with E-state index in [9.17, 15) is 15.3 Å². The first-order valence-corrected chi connectivity index (χ1v) is 14.9. The molecule has 0 fully saturated rings. The zero-order chi connectivity index (χ0) is 29.4. The molecule has 0 aliphatic rings. The van der Waals surface area contributed by atoms with E-state index < -0.39 is 0 Å². The molecule has 0 aromatic heterocycles. The Bertz CT molecular complexity index is 1950. The molecule has 0 saturated heterocycles. The molecule has 0 aliphatic carbocycles. The Morgan fingerprint density at radius 3 is 1.88 bits per heavy atom. The van der Waals surface area contributed by atoms with Crippen LogP contribution in [0, 0.1) is 20.8 Å². The normalized spacial score (nSPS) is 11.6. The summed E-state index contributed by atoms with van der Waals surface area (Å²) >= 11 is 0. The van der Waals surface area contributed by atoms with Crippen LogP contribution in [-0.2, 0) is 25.7 Å². The fourth-order valence-electron chi connectivity index (χ4n) is 6.91. The molecular formula is C39H38O3. The summed E-state index contributed by atoms with van der Waals surface area (Å²) in [6, 6.07) is 28.4. The molecule has 0 heterocycles.